The number of carbonyl (C=O) groups is 4. The maximum absolute atomic E-state index is 12.1. The lowest BCUT2D eigenvalue weighted by atomic mass is 9.79. The Kier molecular flexibility index (Phi) is 5.24. The quantitative estimate of drug-likeness (QED) is 0.562. The summed E-state index contributed by atoms with van der Waals surface area (Å²) in [7, 11) is 2.37. The van der Waals surface area contributed by atoms with Gasteiger partial charge in [-0.15, -0.1) is 0 Å². The van der Waals surface area contributed by atoms with Gasteiger partial charge in [0.1, 0.15) is 17.2 Å². The Hall–Kier alpha value is -1.92. The van der Waals surface area contributed by atoms with Crippen molar-refractivity contribution in [2.24, 2.45) is 5.41 Å². The first-order valence-corrected chi connectivity index (χ1v) is 6.34. The van der Waals surface area contributed by atoms with E-state index in [1.807, 2.05) is 0 Å². The molecule has 20 heavy (non-hydrogen) atoms. The predicted molar refractivity (Wildman–Crippen MR) is 67.5 cm³/mol. The van der Waals surface area contributed by atoms with E-state index < -0.39 is 29.3 Å². The number of hydrogen-bond donors (Lipinski definition) is 1. The summed E-state index contributed by atoms with van der Waals surface area (Å²) in [5.74, 6) is -2.06. The van der Waals surface area contributed by atoms with Crippen LogP contribution in [0.15, 0.2) is 0 Å². The van der Waals surface area contributed by atoms with Crippen LogP contribution in [-0.2, 0) is 28.7 Å². The van der Waals surface area contributed by atoms with Gasteiger partial charge < -0.3 is 14.8 Å². The van der Waals surface area contributed by atoms with E-state index in [1.54, 1.807) is 0 Å². The summed E-state index contributed by atoms with van der Waals surface area (Å²) in [5.41, 5.74) is -1.37. The van der Waals surface area contributed by atoms with Gasteiger partial charge in [0.2, 0.25) is 5.91 Å². The van der Waals surface area contributed by atoms with E-state index in [0.29, 0.717) is 12.8 Å². The molecule has 0 aromatic rings. The third-order valence-corrected chi connectivity index (χ3v) is 3.53. The highest BCUT2D eigenvalue weighted by Gasteiger charge is 2.52. The Labute approximate surface area is 117 Å². The number of carbonyl (C=O) groups excluding carboxylic acids is 4. The van der Waals surface area contributed by atoms with Crippen LogP contribution in [0, 0.1) is 5.41 Å². The van der Waals surface area contributed by atoms with E-state index in [0.717, 1.165) is 0 Å². The third-order valence-electron chi connectivity index (χ3n) is 3.53. The van der Waals surface area contributed by atoms with Gasteiger partial charge in [-0.2, -0.15) is 0 Å². The topological polar surface area (TPSA) is 98.8 Å². The monoisotopic (exact) mass is 285 g/mol. The van der Waals surface area contributed by atoms with Crippen molar-refractivity contribution < 1.29 is 28.7 Å². The molecule has 0 aromatic heterocycles. The highest BCUT2D eigenvalue weighted by Crippen LogP contribution is 2.40. The van der Waals surface area contributed by atoms with E-state index in [-0.39, 0.29) is 18.6 Å². The summed E-state index contributed by atoms with van der Waals surface area (Å²) in [6.45, 7) is 1.25. The molecule has 0 saturated heterocycles. The zero-order valence-corrected chi connectivity index (χ0v) is 11.9. The summed E-state index contributed by atoms with van der Waals surface area (Å²) in [6, 6.07) is -1.04. The molecule has 1 amide bonds. The Morgan fingerprint density at radius 3 is 2.35 bits per heavy atom. The Bertz CT molecular complexity index is 433. The van der Waals surface area contributed by atoms with Gasteiger partial charge in [-0.1, -0.05) is 0 Å². The van der Waals surface area contributed by atoms with Gasteiger partial charge in [-0.3, -0.25) is 14.4 Å². The minimum atomic E-state index is -1.37. The second kappa shape index (κ2) is 6.49. The third kappa shape index (κ3) is 3.15. The zero-order valence-electron chi connectivity index (χ0n) is 11.9. The minimum Gasteiger partial charge on any atom is -0.468 e. The van der Waals surface area contributed by atoms with Crippen LogP contribution in [0.25, 0.3) is 0 Å². The number of ether oxygens (including phenoxy) is 2. The molecule has 1 aliphatic rings. The molecule has 2 atom stereocenters. The van der Waals surface area contributed by atoms with E-state index in [1.165, 1.54) is 21.1 Å². The molecule has 1 N–H and O–H groups in total. The SMILES string of the molecule is COC(=O)[C@H](C[C@@]1(C(=O)OC)CCCC1=O)NC(C)=O. The fourth-order valence-electron chi connectivity index (χ4n) is 2.57. The second-order valence-electron chi connectivity index (χ2n) is 4.83. The average molecular weight is 285 g/mol. The number of rotatable bonds is 5. The lowest BCUT2D eigenvalue weighted by Crippen LogP contribution is -2.48. The zero-order chi connectivity index (χ0) is 15.3. The summed E-state index contributed by atoms with van der Waals surface area (Å²) < 4.78 is 9.30. The standard InChI is InChI=1S/C13H19NO6/c1-8(15)14-9(11(17)19-2)7-13(12(18)20-3)6-4-5-10(13)16/h9H,4-7H2,1-3H3,(H,14,15)/t9-,13-/m0/s1. The fourth-order valence-corrected chi connectivity index (χ4v) is 2.57. The van der Waals surface area contributed by atoms with Gasteiger partial charge in [-0.25, -0.2) is 4.79 Å². The van der Waals surface area contributed by atoms with Crippen LogP contribution >= 0.6 is 0 Å². The van der Waals surface area contributed by atoms with Crippen LogP contribution in [0.4, 0.5) is 0 Å². The first-order chi connectivity index (χ1) is 9.37. The molecule has 0 spiro atoms. The molecule has 0 unspecified atom stereocenters. The number of methoxy groups -OCH3 is 2. The molecule has 112 valence electrons. The molecule has 1 aliphatic carbocycles. The number of nitrogens with one attached hydrogen (secondary N) is 1. The number of Topliss-reactive ketones (excluding diaryl/α,β-unsaturated/α-hetero) is 1. The molecule has 0 heterocycles. The first-order valence-electron chi connectivity index (χ1n) is 6.34. The first kappa shape index (κ1) is 16.1. The Morgan fingerprint density at radius 1 is 1.30 bits per heavy atom. The number of esters is 2. The maximum Gasteiger partial charge on any atom is 0.328 e. The van der Waals surface area contributed by atoms with E-state index in [4.69, 9.17) is 4.74 Å². The molecule has 1 rings (SSSR count). The van der Waals surface area contributed by atoms with Crippen LogP contribution < -0.4 is 5.32 Å². The lowest BCUT2D eigenvalue weighted by Gasteiger charge is -2.28. The van der Waals surface area contributed by atoms with E-state index >= 15 is 0 Å². The molecule has 0 radical (unpaired) electrons. The van der Waals surface area contributed by atoms with Gasteiger partial charge in [0.25, 0.3) is 0 Å². The maximum atomic E-state index is 12.1. The van der Waals surface area contributed by atoms with Gasteiger partial charge >= 0.3 is 11.9 Å². The van der Waals surface area contributed by atoms with Crippen LogP contribution in [-0.4, -0.2) is 43.9 Å². The summed E-state index contributed by atoms with van der Waals surface area (Å²) in [4.78, 5) is 46.9. The molecule has 1 saturated carbocycles. The molecule has 0 aliphatic heterocycles. The molecular weight excluding hydrogens is 266 g/mol. The molecule has 7 nitrogen and oxygen atoms in total. The predicted octanol–water partition coefficient (Wildman–Crippen LogP) is -0.0334. The summed E-state index contributed by atoms with van der Waals surface area (Å²) in [5, 5.41) is 2.41. The molecule has 7 heteroatoms. The highest BCUT2D eigenvalue weighted by atomic mass is 16.5. The van der Waals surface area contributed by atoms with Crippen LogP contribution in [0.2, 0.25) is 0 Å². The van der Waals surface area contributed by atoms with Gasteiger partial charge in [0, 0.05) is 19.8 Å². The van der Waals surface area contributed by atoms with Crippen molar-refractivity contribution in [3.63, 3.8) is 0 Å². The van der Waals surface area contributed by atoms with Crippen LogP contribution in [0.5, 0.6) is 0 Å². The van der Waals surface area contributed by atoms with Gasteiger partial charge in [0.05, 0.1) is 14.2 Å². The van der Waals surface area contributed by atoms with Crippen molar-refractivity contribution in [2.45, 2.75) is 38.6 Å². The number of hydrogen-bond acceptors (Lipinski definition) is 6. The summed E-state index contributed by atoms with van der Waals surface area (Å²) >= 11 is 0. The van der Waals surface area contributed by atoms with Gasteiger partial charge in [-0.05, 0) is 12.8 Å². The molecule has 1 fully saturated rings. The van der Waals surface area contributed by atoms with Crippen molar-refractivity contribution in [3.05, 3.63) is 0 Å². The van der Waals surface area contributed by atoms with E-state index in [9.17, 15) is 19.2 Å². The minimum absolute atomic E-state index is 0.134. The van der Waals surface area contributed by atoms with Crippen molar-refractivity contribution in [1.82, 2.24) is 5.32 Å². The Morgan fingerprint density at radius 2 is 1.95 bits per heavy atom. The number of amides is 1. The fraction of sp³-hybridized carbons (Fsp3) is 0.692. The van der Waals surface area contributed by atoms with Crippen molar-refractivity contribution in [3.8, 4) is 0 Å². The Balaban J connectivity index is 3.02. The van der Waals surface area contributed by atoms with Crippen LogP contribution in [0.1, 0.15) is 32.6 Å². The molecular formula is C13H19NO6. The van der Waals surface area contributed by atoms with E-state index in [2.05, 4.69) is 10.1 Å². The lowest BCUT2D eigenvalue weighted by molar-refractivity contribution is -0.159. The smallest absolute Gasteiger partial charge is 0.328 e. The average Bonchev–Trinajstić information content (AvgIpc) is 2.78. The molecule has 0 aromatic carbocycles. The normalized spacial score (nSPS) is 23.1. The van der Waals surface area contributed by atoms with Crippen LogP contribution in [0.3, 0.4) is 0 Å². The van der Waals surface area contributed by atoms with Gasteiger partial charge in [0.15, 0.2) is 0 Å². The largest absolute Gasteiger partial charge is 0.468 e. The second-order valence-corrected chi connectivity index (χ2v) is 4.83. The van der Waals surface area contributed by atoms with Crippen molar-refractivity contribution >= 4 is 23.6 Å². The van der Waals surface area contributed by atoms with Crippen molar-refractivity contribution in [1.29, 1.82) is 0 Å². The summed E-state index contributed by atoms with van der Waals surface area (Å²) in [6.07, 6.45) is 1.00. The molecule has 0 bridgehead atoms. The highest BCUT2D eigenvalue weighted by molar-refractivity contribution is 6.05. The van der Waals surface area contributed by atoms with Crippen molar-refractivity contribution in [2.75, 3.05) is 14.2 Å². The number of ketones is 1.